The van der Waals surface area contributed by atoms with E-state index in [1.165, 1.54) is 12.0 Å². The van der Waals surface area contributed by atoms with Crippen molar-refractivity contribution in [3.05, 3.63) is 23.4 Å². The number of aromatic nitrogens is 1. The van der Waals surface area contributed by atoms with Crippen LogP contribution in [-0.2, 0) is 6.54 Å². The second kappa shape index (κ2) is 7.28. The molecule has 0 radical (unpaired) electrons. The molecular weight excluding hydrogens is 210 g/mol. The molecule has 3 nitrogen and oxygen atoms in total. The summed E-state index contributed by atoms with van der Waals surface area (Å²) >= 11 is 0. The maximum Gasteiger partial charge on any atom is 0.126 e. The molecule has 0 fully saturated rings. The molecule has 0 aliphatic rings. The number of nitrogens with one attached hydrogen (secondary N) is 2. The summed E-state index contributed by atoms with van der Waals surface area (Å²) in [5.41, 5.74) is 2.48. The van der Waals surface area contributed by atoms with Crippen molar-refractivity contribution in [2.45, 2.75) is 46.6 Å². The average Bonchev–Trinajstić information content (AvgIpc) is 2.29. The largest absolute Gasteiger partial charge is 0.370 e. The molecule has 0 atom stereocenters. The lowest BCUT2D eigenvalue weighted by Crippen LogP contribution is -2.15. The van der Waals surface area contributed by atoms with E-state index in [2.05, 4.69) is 55.4 Å². The molecule has 1 aromatic rings. The first-order valence-corrected chi connectivity index (χ1v) is 6.62. The molecule has 2 N–H and O–H groups in total. The number of anilines is 1. The molecule has 0 amide bonds. The minimum atomic E-state index is 0.471. The van der Waals surface area contributed by atoms with Gasteiger partial charge in [0.05, 0.1) is 0 Å². The van der Waals surface area contributed by atoms with Gasteiger partial charge in [-0.15, -0.1) is 0 Å². The topological polar surface area (TPSA) is 37.0 Å². The molecule has 0 unspecified atom stereocenters. The molecule has 3 heteroatoms. The second-order valence-electron chi connectivity index (χ2n) is 4.65. The third kappa shape index (κ3) is 4.73. The fourth-order valence-corrected chi connectivity index (χ4v) is 1.69. The van der Waals surface area contributed by atoms with Crippen LogP contribution >= 0.6 is 0 Å². The quantitative estimate of drug-likeness (QED) is 0.713. The summed E-state index contributed by atoms with van der Waals surface area (Å²) in [6.45, 7) is 11.5. The summed E-state index contributed by atoms with van der Waals surface area (Å²) in [5.74, 6) is 1.46. The Hall–Kier alpha value is -1.09. The van der Waals surface area contributed by atoms with Crippen molar-refractivity contribution in [1.82, 2.24) is 10.3 Å². The van der Waals surface area contributed by atoms with Gasteiger partial charge in [0.1, 0.15) is 5.82 Å². The third-order valence-electron chi connectivity index (χ3n) is 2.61. The summed E-state index contributed by atoms with van der Waals surface area (Å²) in [6.07, 6.45) is 1.17. The van der Waals surface area contributed by atoms with Crippen molar-refractivity contribution in [3.8, 4) is 0 Å². The maximum absolute atomic E-state index is 4.61. The molecule has 0 saturated carbocycles. The second-order valence-corrected chi connectivity index (χ2v) is 4.65. The number of hydrogen-bond acceptors (Lipinski definition) is 3. The first-order chi connectivity index (χ1) is 8.17. The summed E-state index contributed by atoms with van der Waals surface area (Å²) < 4.78 is 0. The Balaban J connectivity index is 2.79. The summed E-state index contributed by atoms with van der Waals surface area (Å²) in [4.78, 5) is 4.61. The van der Waals surface area contributed by atoms with Crippen molar-refractivity contribution in [2.24, 2.45) is 0 Å². The van der Waals surface area contributed by atoms with Gasteiger partial charge >= 0.3 is 0 Å². The molecule has 0 aliphatic carbocycles. The standard InChI is InChI=1S/C14H25N3/c1-5-7-15-10-12-8-13(11(3)4)17-14(9-12)16-6-2/h8-9,11,15H,5-7,10H2,1-4H3,(H,16,17). The highest BCUT2D eigenvalue weighted by atomic mass is 15.0. The molecule has 1 aromatic heterocycles. The van der Waals surface area contributed by atoms with Crippen LogP contribution in [0.15, 0.2) is 12.1 Å². The van der Waals surface area contributed by atoms with E-state index in [1.54, 1.807) is 0 Å². The van der Waals surface area contributed by atoms with Crippen molar-refractivity contribution in [2.75, 3.05) is 18.4 Å². The maximum atomic E-state index is 4.61. The predicted octanol–water partition coefficient (Wildman–Crippen LogP) is 3.14. The van der Waals surface area contributed by atoms with Gasteiger partial charge in [0, 0.05) is 18.8 Å². The van der Waals surface area contributed by atoms with Crippen LogP contribution in [-0.4, -0.2) is 18.1 Å². The highest BCUT2D eigenvalue weighted by Crippen LogP contribution is 2.17. The van der Waals surface area contributed by atoms with Crippen LogP contribution in [0, 0.1) is 0 Å². The summed E-state index contributed by atoms with van der Waals surface area (Å²) in [5, 5.41) is 6.73. The minimum Gasteiger partial charge on any atom is -0.370 e. The Bertz CT molecular complexity index is 334. The molecule has 0 saturated heterocycles. The van der Waals surface area contributed by atoms with Crippen LogP contribution in [0.25, 0.3) is 0 Å². The lowest BCUT2D eigenvalue weighted by atomic mass is 10.1. The summed E-state index contributed by atoms with van der Waals surface area (Å²) in [6, 6.07) is 4.34. The van der Waals surface area contributed by atoms with Gasteiger partial charge in [-0.1, -0.05) is 20.8 Å². The van der Waals surface area contributed by atoms with Gasteiger partial charge < -0.3 is 10.6 Å². The first-order valence-electron chi connectivity index (χ1n) is 6.62. The number of rotatable bonds is 7. The molecular formula is C14H25N3. The Morgan fingerprint density at radius 1 is 1.24 bits per heavy atom. The van der Waals surface area contributed by atoms with Crippen LogP contribution in [0.1, 0.15) is 51.3 Å². The van der Waals surface area contributed by atoms with E-state index in [0.29, 0.717) is 5.92 Å². The molecule has 96 valence electrons. The van der Waals surface area contributed by atoms with Gasteiger partial charge in [0.15, 0.2) is 0 Å². The van der Waals surface area contributed by atoms with E-state index in [0.717, 1.165) is 31.1 Å². The Kier molecular flexibility index (Phi) is 5.98. The highest BCUT2D eigenvalue weighted by Gasteiger charge is 2.05. The van der Waals surface area contributed by atoms with Crippen LogP contribution in [0.5, 0.6) is 0 Å². The van der Waals surface area contributed by atoms with Gasteiger partial charge in [0.25, 0.3) is 0 Å². The van der Waals surface area contributed by atoms with Gasteiger partial charge in [-0.25, -0.2) is 4.98 Å². The summed E-state index contributed by atoms with van der Waals surface area (Å²) in [7, 11) is 0. The molecule has 0 aliphatic heterocycles. The van der Waals surface area contributed by atoms with Crippen LogP contribution in [0.4, 0.5) is 5.82 Å². The van der Waals surface area contributed by atoms with Gasteiger partial charge in [-0.2, -0.15) is 0 Å². The molecule has 0 bridgehead atoms. The van der Waals surface area contributed by atoms with Crippen LogP contribution in [0.3, 0.4) is 0 Å². The van der Waals surface area contributed by atoms with Crippen molar-refractivity contribution < 1.29 is 0 Å². The SMILES string of the molecule is CCCNCc1cc(NCC)nc(C(C)C)c1. The molecule has 1 heterocycles. The van der Waals surface area contributed by atoms with E-state index >= 15 is 0 Å². The molecule has 1 rings (SSSR count). The van der Waals surface area contributed by atoms with Crippen molar-refractivity contribution in [1.29, 1.82) is 0 Å². The first kappa shape index (κ1) is 14.0. The third-order valence-corrected chi connectivity index (χ3v) is 2.61. The van der Waals surface area contributed by atoms with Gasteiger partial charge in [0.2, 0.25) is 0 Å². The lowest BCUT2D eigenvalue weighted by molar-refractivity contribution is 0.673. The zero-order chi connectivity index (χ0) is 12.7. The van der Waals surface area contributed by atoms with E-state index in [4.69, 9.17) is 0 Å². The lowest BCUT2D eigenvalue weighted by Gasteiger charge is -2.12. The number of nitrogens with zero attached hydrogens (tertiary/aromatic N) is 1. The molecule has 0 aromatic carbocycles. The molecule has 0 spiro atoms. The normalized spacial score (nSPS) is 10.9. The van der Waals surface area contributed by atoms with Crippen LogP contribution in [0.2, 0.25) is 0 Å². The monoisotopic (exact) mass is 235 g/mol. The van der Waals surface area contributed by atoms with Crippen molar-refractivity contribution >= 4 is 5.82 Å². The fourth-order valence-electron chi connectivity index (χ4n) is 1.69. The highest BCUT2D eigenvalue weighted by molar-refractivity contribution is 5.40. The minimum absolute atomic E-state index is 0.471. The number of pyridine rings is 1. The van der Waals surface area contributed by atoms with E-state index in [1.807, 2.05) is 0 Å². The van der Waals surface area contributed by atoms with Gasteiger partial charge in [-0.05, 0) is 43.5 Å². The van der Waals surface area contributed by atoms with E-state index in [9.17, 15) is 0 Å². The number of hydrogen-bond donors (Lipinski definition) is 2. The van der Waals surface area contributed by atoms with E-state index in [-0.39, 0.29) is 0 Å². The van der Waals surface area contributed by atoms with Crippen molar-refractivity contribution in [3.63, 3.8) is 0 Å². The van der Waals surface area contributed by atoms with Gasteiger partial charge in [-0.3, -0.25) is 0 Å². The Morgan fingerprint density at radius 2 is 2.00 bits per heavy atom. The Labute approximate surface area is 105 Å². The zero-order valence-corrected chi connectivity index (χ0v) is 11.5. The fraction of sp³-hybridized carbons (Fsp3) is 0.643. The van der Waals surface area contributed by atoms with E-state index < -0.39 is 0 Å². The zero-order valence-electron chi connectivity index (χ0n) is 11.5. The van der Waals surface area contributed by atoms with Crippen LogP contribution < -0.4 is 10.6 Å². The predicted molar refractivity (Wildman–Crippen MR) is 74.5 cm³/mol. The molecule has 17 heavy (non-hydrogen) atoms. The smallest absolute Gasteiger partial charge is 0.126 e. The Morgan fingerprint density at radius 3 is 2.59 bits per heavy atom. The average molecular weight is 235 g/mol.